The fraction of sp³-hybridized carbons (Fsp3) is 0.522. The van der Waals surface area contributed by atoms with Gasteiger partial charge in [-0.25, -0.2) is 0 Å². The Balaban J connectivity index is 1.45. The van der Waals surface area contributed by atoms with Crippen molar-refractivity contribution in [2.75, 3.05) is 5.75 Å². The van der Waals surface area contributed by atoms with Crippen LogP contribution in [-0.2, 0) is 19.2 Å². The van der Waals surface area contributed by atoms with Crippen molar-refractivity contribution in [2.45, 2.75) is 51.2 Å². The summed E-state index contributed by atoms with van der Waals surface area (Å²) < 4.78 is 30.5. The molecule has 6 nitrogen and oxygen atoms in total. The molecular formula is C23H26N2O4S2. The first-order chi connectivity index (χ1) is 14.6. The number of aryl methyl sites for hydroxylation is 1. The predicted octanol–water partition coefficient (Wildman–Crippen LogP) is 4.33. The molecule has 2 aliphatic carbocycles. The highest BCUT2D eigenvalue weighted by atomic mass is 32.2. The van der Waals surface area contributed by atoms with Crippen LogP contribution in [0.3, 0.4) is 0 Å². The van der Waals surface area contributed by atoms with Gasteiger partial charge in [-0.2, -0.15) is 13.7 Å². The topological polar surface area (TPSA) is 96.6 Å². The average Bonchev–Trinajstić information content (AvgIpc) is 3.32. The number of nitrogens with zero attached hydrogens (tertiary/aromatic N) is 2. The van der Waals surface area contributed by atoms with Gasteiger partial charge in [0.05, 0.1) is 17.4 Å². The zero-order valence-corrected chi connectivity index (χ0v) is 19.5. The number of oxime groups is 1. The standard InChI is InChI=1S/C23H26N2O4S2/c1-15-6-4-5-7-17(15)18(13-24)19-8-9-21(30-19)25-29-31(27,28)14-23-11-10-16(12-20(23)26)22(23,2)3/h4-9,16,18-19H,10-12,14H2,1-3H3. The summed E-state index contributed by atoms with van der Waals surface area (Å²) in [7, 11) is -4.02. The summed E-state index contributed by atoms with van der Waals surface area (Å²) in [6.45, 7) is 5.95. The smallest absolute Gasteiger partial charge is 0.299 e. The Kier molecular flexibility index (Phi) is 5.55. The van der Waals surface area contributed by atoms with Crippen LogP contribution in [0.25, 0.3) is 0 Å². The number of Topliss-reactive ketones (excluding diaryl/α,β-unsaturated/α-hetero) is 1. The lowest BCUT2D eigenvalue weighted by Crippen LogP contribution is -2.42. The molecule has 1 heterocycles. The van der Waals surface area contributed by atoms with Gasteiger partial charge in [-0.3, -0.25) is 9.08 Å². The number of carbonyl (C=O) groups excluding carboxylic acids is 1. The number of carbonyl (C=O) groups is 1. The van der Waals surface area contributed by atoms with Crippen LogP contribution in [-0.4, -0.2) is 30.2 Å². The van der Waals surface area contributed by atoms with E-state index in [-0.39, 0.29) is 34.0 Å². The number of rotatable bonds is 6. The average molecular weight is 459 g/mol. The van der Waals surface area contributed by atoms with E-state index in [9.17, 15) is 18.5 Å². The van der Waals surface area contributed by atoms with Crippen LogP contribution in [0.1, 0.15) is 50.2 Å². The SMILES string of the molecule is Cc1ccccc1C(C#N)C1C=CC(=NOS(=O)(=O)CC23CCC(CC2=O)C3(C)C)S1. The molecular weight excluding hydrogens is 432 g/mol. The minimum absolute atomic E-state index is 0.0267. The van der Waals surface area contributed by atoms with Gasteiger partial charge < -0.3 is 0 Å². The van der Waals surface area contributed by atoms with Crippen molar-refractivity contribution in [1.29, 1.82) is 5.26 Å². The van der Waals surface area contributed by atoms with Crippen molar-refractivity contribution >= 4 is 32.7 Å². The van der Waals surface area contributed by atoms with Crippen molar-refractivity contribution in [2.24, 2.45) is 21.9 Å². The molecule has 8 heteroatoms. The van der Waals surface area contributed by atoms with E-state index in [2.05, 4.69) is 11.2 Å². The Morgan fingerprint density at radius 1 is 1.35 bits per heavy atom. The molecule has 31 heavy (non-hydrogen) atoms. The summed E-state index contributed by atoms with van der Waals surface area (Å²) in [5.41, 5.74) is 0.743. The molecule has 4 unspecified atom stereocenters. The molecule has 1 aromatic carbocycles. The minimum Gasteiger partial charge on any atom is -0.299 e. The lowest BCUT2D eigenvalue weighted by atomic mass is 9.70. The van der Waals surface area contributed by atoms with Gasteiger partial charge in [0.2, 0.25) is 0 Å². The highest BCUT2D eigenvalue weighted by Gasteiger charge is 2.65. The number of thioether (sulfide) groups is 1. The lowest BCUT2D eigenvalue weighted by molar-refractivity contribution is -0.128. The Morgan fingerprint density at radius 3 is 2.71 bits per heavy atom. The molecule has 3 aliphatic rings. The molecule has 2 bridgehead atoms. The third-order valence-electron chi connectivity index (χ3n) is 7.48. The summed E-state index contributed by atoms with van der Waals surface area (Å²) in [4.78, 5) is 12.6. The minimum atomic E-state index is -4.02. The van der Waals surface area contributed by atoms with Crippen LogP contribution in [0, 0.1) is 35.0 Å². The van der Waals surface area contributed by atoms with Crippen LogP contribution in [0.4, 0.5) is 0 Å². The number of hydrogen-bond donors (Lipinski definition) is 0. The molecule has 0 radical (unpaired) electrons. The fourth-order valence-electron chi connectivity index (χ4n) is 5.41. The molecule has 0 saturated heterocycles. The summed E-state index contributed by atoms with van der Waals surface area (Å²) in [5, 5.41) is 13.8. The lowest BCUT2D eigenvalue weighted by Gasteiger charge is -2.35. The second-order valence-electron chi connectivity index (χ2n) is 9.28. The van der Waals surface area contributed by atoms with Gasteiger partial charge in [0.1, 0.15) is 16.6 Å². The third kappa shape index (κ3) is 3.72. The van der Waals surface area contributed by atoms with E-state index in [0.717, 1.165) is 17.5 Å². The van der Waals surface area contributed by atoms with E-state index in [1.165, 1.54) is 11.8 Å². The van der Waals surface area contributed by atoms with Gasteiger partial charge in [0.15, 0.2) is 0 Å². The fourth-order valence-corrected chi connectivity index (χ4v) is 8.00. The monoisotopic (exact) mass is 458 g/mol. The molecule has 0 spiro atoms. The second kappa shape index (κ2) is 7.79. The quantitative estimate of drug-likeness (QED) is 0.589. The largest absolute Gasteiger partial charge is 0.329 e. The molecule has 4 rings (SSSR count). The summed E-state index contributed by atoms with van der Waals surface area (Å²) in [5.74, 6) is -0.446. The van der Waals surface area contributed by atoms with Gasteiger partial charge >= 0.3 is 10.1 Å². The van der Waals surface area contributed by atoms with Crippen molar-refractivity contribution in [3.8, 4) is 6.07 Å². The van der Waals surface area contributed by atoms with Crippen molar-refractivity contribution in [1.82, 2.24) is 0 Å². The Bertz CT molecular complexity index is 1120. The van der Waals surface area contributed by atoms with Crippen molar-refractivity contribution in [3.63, 3.8) is 0 Å². The van der Waals surface area contributed by atoms with E-state index in [1.807, 2.05) is 51.1 Å². The maximum Gasteiger partial charge on any atom is 0.329 e. The molecule has 164 valence electrons. The number of ketones is 1. The van der Waals surface area contributed by atoms with Crippen LogP contribution < -0.4 is 0 Å². The zero-order valence-electron chi connectivity index (χ0n) is 17.9. The van der Waals surface area contributed by atoms with E-state index in [1.54, 1.807) is 6.08 Å². The number of nitriles is 1. The van der Waals surface area contributed by atoms with E-state index in [0.29, 0.717) is 17.9 Å². The Morgan fingerprint density at radius 2 is 2.10 bits per heavy atom. The maximum absolute atomic E-state index is 12.7. The van der Waals surface area contributed by atoms with Gasteiger partial charge in [0, 0.05) is 11.7 Å². The Hall–Kier alpha value is -2.11. The van der Waals surface area contributed by atoms with E-state index in [4.69, 9.17) is 4.28 Å². The van der Waals surface area contributed by atoms with Crippen LogP contribution in [0.2, 0.25) is 0 Å². The van der Waals surface area contributed by atoms with Gasteiger partial charge in [-0.15, -0.1) is 0 Å². The normalized spacial score (nSPS) is 31.2. The van der Waals surface area contributed by atoms with E-state index < -0.39 is 15.5 Å². The first kappa shape index (κ1) is 22.1. The first-order valence-corrected chi connectivity index (χ1v) is 12.9. The predicted molar refractivity (Wildman–Crippen MR) is 121 cm³/mol. The molecule has 0 N–H and O–H groups in total. The summed E-state index contributed by atoms with van der Waals surface area (Å²) >= 11 is 1.30. The molecule has 0 amide bonds. The third-order valence-corrected chi connectivity index (χ3v) is 9.78. The summed E-state index contributed by atoms with van der Waals surface area (Å²) in [6.07, 6.45) is 5.44. The molecule has 2 fully saturated rings. The van der Waals surface area contributed by atoms with Gasteiger partial charge in [0.25, 0.3) is 0 Å². The Labute approximate surface area is 187 Å². The molecule has 4 atom stereocenters. The van der Waals surface area contributed by atoms with Crippen molar-refractivity contribution < 1.29 is 17.5 Å². The molecule has 1 aromatic rings. The van der Waals surface area contributed by atoms with Gasteiger partial charge in [-0.1, -0.05) is 61.1 Å². The highest BCUT2D eigenvalue weighted by molar-refractivity contribution is 8.15. The molecule has 2 saturated carbocycles. The number of benzene rings is 1. The van der Waals surface area contributed by atoms with Crippen molar-refractivity contribution in [3.05, 3.63) is 47.5 Å². The highest BCUT2D eigenvalue weighted by Crippen LogP contribution is 2.64. The van der Waals surface area contributed by atoms with Crippen LogP contribution in [0.15, 0.2) is 41.6 Å². The number of fused-ring (bicyclic) bond motifs is 2. The van der Waals surface area contributed by atoms with Gasteiger partial charge in [-0.05, 0) is 48.3 Å². The van der Waals surface area contributed by atoms with Crippen LogP contribution >= 0.6 is 11.8 Å². The first-order valence-electron chi connectivity index (χ1n) is 10.4. The summed E-state index contributed by atoms with van der Waals surface area (Å²) in [6, 6.07) is 10.1. The molecule has 0 aromatic heterocycles. The molecule has 1 aliphatic heterocycles. The zero-order chi connectivity index (χ0) is 22.4. The van der Waals surface area contributed by atoms with E-state index >= 15 is 0 Å². The second-order valence-corrected chi connectivity index (χ2v) is 12.0. The maximum atomic E-state index is 12.7. The number of hydrogen-bond acceptors (Lipinski definition) is 7. The van der Waals surface area contributed by atoms with Crippen LogP contribution in [0.5, 0.6) is 0 Å².